The van der Waals surface area contributed by atoms with Crippen LogP contribution in [-0.2, 0) is 4.79 Å². The SMILES string of the molecule is O=C(C=Cc1ccccc1)N1CC[C@H]2[C@@H]1CCN2C(=O)c1ccn2ncnc2c1. The van der Waals surface area contributed by atoms with E-state index in [9.17, 15) is 9.59 Å². The molecule has 2 fully saturated rings. The molecular weight excluding hydrogens is 366 g/mol. The zero-order valence-electron chi connectivity index (χ0n) is 15.9. The Kier molecular flexibility index (Phi) is 4.35. The summed E-state index contributed by atoms with van der Waals surface area (Å²) in [6.07, 6.45) is 8.34. The zero-order valence-corrected chi connectivity index (χ0v) is 15.9. The Morgan fingerprint density at radius 1 is 1.00 bits per heavy atom. The van der Waals surface area contributed by atoms with Gasteiger partial charge in [-0.05, 0) is 36.6 Å². The van der Waals surface area contributed by atoms with Crippen molar-refractivity contribution >= 4 is 23.5 Å². The Bertz CT molecular complexity index is 1090. The summed E-state index contributed by atoms with van der Waals surface area (Å²) < 4.78 is 1.64. The smallest absolute Gasteiger partial charge is 0.254 e. The summed E-state index contributed by atoms with van der Waals surface area (Å²) in [4.78, 5) is 33.8. The van der Waals surface area contributed by atoms with Gasteiger partial charge in [0.05, 0.1) is 12.1 Å². The van der Waals surface area contributed by atoms with E-state index in [0.29, 0.717) is 24.3 Å². The summed E-state index contributed by atoms with van der Waals surface area (Å²) in [6, 6.07) is 13.5. The van der Waals surface area contributed by atoms with Crippen molar-refractivity contribution in [2.45, 2.75) is 24.9 Å². The number of pyridine rings is 1. The van der Waals surface area contributed by atoms with Gasteiger partial charge in [0.25, 0.3) is 5.91 Å². The fourth-order valence-electron chi connectivity index (χ4n) is 4.45. The number of aromatic nitrogens is 3. The molecule has 0 spiro atoms. The molecule has 2 atom stereocenters. The number of hydrogen-bond donors (Lipinski definition) is 0. The van der Waals surface area contributed by atoms with Gasteiger partial charge in [-0.2, -0.15) is 5.10 Å². The van der Waals surface area contributed by atoms with Crippen LogP contribution in [0.5, 0.6) is 0 Å². The first-order valence-corrected chi connectivity index (χ1v) is 9.85. The van der Waals surface area contributed by atoms with Crippen molar-refractivity contribution in [1.29, 1.82) is 0 Å². The lowest BCUT2D eigenvalue weighted by Crippen LogP contribution is -2.41. The average Bonchev–Trinajstić information content (AvgIpc) is 3.47. The predicted molar refractivity (Wildman–Crippen MR) is 108 cm³/mol. The number of carbonyl (C=O) groups excluding carboxylic acids is 2. The number of nitrogens with zero attached hydrogens (tertiary/aromatic N) is 5. The van der Waals surface area contributed by atoms with Crippen LogP contribution in [0.25, 0.3) is 11.7 Å². The summed E-state index contributed by atoms with van der Waals surface area (Å²) in [5.74, 6) is 0.0117. The molecule has 7 nitrogen and oxygen atoms in total. The minimum atomic E-state index is -0.00266. The lowest BCUT2D eigenvalue weighted by atomic mass is 10.1. The van der Waals surface area contributed by atoms with E-state index in [1.54, 1.807) is 28.9 Å². The first-order valence-electron chi connectivity index (χ1n) is 9.85. The van der Waals surface area contributed by atoms with Gasteiger partial charge in [-0.15, -0.1) is 0 Å². The highest BCUT2D eigenvalue weighted by atomic mass is 16.2. The summed E-state index contributed by atoms with van der Waals surface area (Å²) in [5, 5.41) is 4.07. The molecule has 7 heteroatoms. The van der Waals surface area contributed by atoms with Crippen molar-refractivity contribution in [3.8, 4) is 0 Å². The van der Waals surface area contributed by atoms with Crippen molar-refractivity contribution in [2.24, 2.45) is 0 Å². The molecule has 0 N–H and O–H groups in total. The molecule has 29 heavy (non-hydrogen) atoms. The second-order valence-corrected chi connectivity index (χ2v) is 7.46. The molecule has 0 saturated carbocycles. The molecule has 0 radical (unpaired) electrons. The first-order chi connectivity index (χ1) is 14.2. The largest absolute Gasteiger partial charge is 0.334 e. The van der Waals surface area contributed by atoms with Gasteiger partial charge in [-0.25, -0.2) is 9.50 Å². The molecule has 2 aliphatic heterocycles. The van der Waals surface area contributed by atoms with Crippen molar-refractivity contribution in [3.63, 3.8) is 0 Å². The summed E-state index contributed by atoms with van der Waals surface area (Å²) >= 11 is 0. The summed E-state index contributed by atoms with van der Waals surface area (Å²) in [5.41, 5.74) is 2.27. The molecule has 1 aromatic carbocycles. The Hall–Kier alpha value is -3.48. The average molecular weight is 387 g/mol. The fraction of sp³-hybridized carbons (Fsp3) is 0.273. The molecule has 0 bridgehead atoms. The van der Waals surface area contributed by atoms with Gasteiger partial charge in [0.2, 0.25) is 5.91 Å². The summed E-state index contributed by atoms with van der Waals surface area (Å²) in [7, 11) is 0. The maximum atomic E-state index is 13.1. The van der Waals surface area contributed by atoms with Crippen LogP contribution in [0, 0.1) is 0 Å². The third kappa shape index (κ3) is 3.18. The number of benzene rings is 1. The maximum Gasteiger partial charge on any atom is 0.254 e. The molecule has 3 aromatic rings. The quantitative estimate of drug-likeness (QED) is 0.647. The van der Waals surface area contributed by atoms with Crippen LogP contribution >= 0.6 is 0 Å². The molecule has 0 aliphatic carbocycles. The lowest BCUT2D eigenvalue weighted by molar-refractivity contribution is -0.126. The molecular formula is C22H21N5O2. The van der Waals surface area contributed by atoms with E-state index in [4.69, 9.17) is 0 Å². The number of rotatable bonds is 3. The van der Waals surface area contributed by atoms with E-state index < -0.39 is 0 Å². The molecule has 2 amide bonds. The third-order valence-corrected chi connectivity index (χ3v) is 5.87. The monoisotopic (exact) mass is 387 g/mol. The number of likely N-dealkylation sites (tertiary alicyclic amines) is 2. The molecule has 146 valence electrons. The van der Waals surface area contributed by atoms with E-state index in [1.165, 1.54) is 6.33 Å². The van der Waals surface area contributed by atoms with Crippen molar-refractivity contribution in [1.82, 2.24) is 24.4 Å². The zero-order chi connectivity index (χ0) is 19.8. The van der Waals surface area contributed by atoms with Gasteiger partial charge >= 0.3 is 0 Å². The summed E-state index contributed by atoms with van der Waals surface area (Å²) in [6.45, 7) is 1.35. The second kappa shape index (κ2) is 7.16. The van der Waals surface area contributed by atoms with Crippen LogP contribution < -0.4 is 0 Å². The van der Waals surface area contributed by atoms with E-state index in [-0.39, 0.29) is 23.9 Å². The predicted octanol–water partition coefficient (Wildman–Crippen LogP) is 2.26. The standard InChI is InChI=1S/C22H21N5O2/c28-21(7-6-16-4-2-1-3-5-16)25-11-9-19-18(25)10-12-26(19)22(29)17-8-13-27-20(14-17)23-15-24-27/h1-8,13-15,18-19H,9-12H2/t18-,19-/m0/s1. The van der Waals surface area contributed by atoms with Gasteiger partial charge in [0.15, 0.2) is 5.65 Å². The van der Waals surface area contributed by atoms with Crippen molar-refractivity contribution in [2.75, 3.05) is 13.1 Å². The van der Waals surface area contributed by atoms with Crippen LogP contribution in [0.2, 0.25) is 0 Å². The topological polar surface area (TPSA) is 70.8 Å². The van der Waals surface area contributed by atoms with Crippen molar-refractivity contribution < 1.29 is 9.59 Å². The van der Waals surface area contributed by atoms with Crippen LogP contribution in [0.3, 0.4) is 0 Å². The molecule has 0 unspecified atom stereocenters. The van der Waals surface area contributed by atoms with Gasteiger partial charge in [-0.1, -0.05) is 30.3 Å². The van der Waals surface area contributed by atoms with E-state index in [2.05, 4.69) is 10.1 Å². The highest BCUT2D eigenvalue weighted by molar-refractivity contribution is 5.96. The molecule has 2 aromatic heterocycles. The Labute approximate surface area is 168 Å². The van der Waals surface area contributed by atoms with Gasteiger partial charge in [0.1, 0.15) is 6.33 Å². The molecule has 2 aliphatic rings. The van der Waals surface area contributed by atoms with Crippen LogP contribution in [0.4, 0.5) is 0 Å². The van der Waals surface area contributed by atoms with Gasteiger partial charge in [0, 0.05) is 30.9 Å². The van der Waals surface area contributed by atoms with E-state index in [1.807, 2.05) is 46.2 Å². The van der Waals surface area contributed by atoms with Gasteiger partial charge < -0.3 is 9.80 Å². The van der Waals surface area contributed by atoms with Gasteiger partial charge in [-0.3, -0.25) is 9.59 Å². The normalized spacial score (nSPS) is 21.2. The molecule has 2 saturated heterocycles. The van der Waals surface area contributed by atoms with E-state index in [0.717, 1.165) is 18.4 Å². The highest BCUT2D eigenvalue weighted by Crippen LogP contribution is 2.33. The molecule has 4 heterocycles. The lowest BCUT2D eigenvalue weighted by Gasteiger charge is -2.25. The number of amides is 2. The second-order valence-electron chi connectivity index (χ2n) is 7.46. The molecule has 5 rings (SSSR count). The maximum absolute atomic E-state index is 13.1. The van der Waals surface area contributed by atoms with Crippen LogP contribution in [0.15, 0.2) is 61.1 Å². The minimum absolute atomic E-state index is 0.00266. The van der Waals surface area contributed by atoms with Crippen molar-refractivity contribution in [3.05, 3.63) is 72.2 Å². The number of fused-ring (bicyclic) bond motifs is 2. The fourth-order valence-corrected chi connectivity index (χ4v) is 4.45. The van der Waals surface area contributed by atoms with E-state index >= 15 is 0 Å². The minimum Gasteiger partial charge on any atom is -0.334 e. The number of hydrogen-bond acceptors (Lipinski definition) is 4. The van der Waals surface area contributed by atoms with Crippen LogP contribution in [0.1, 0.15) is 28.8 Å². The first kappa shape index (κ1) is 17.6. The number of carbonyl (C=O) groups is 2. The Morgan fingerprint density at radius 3 is 2.59 bits per heavy atom. The Balaban J connectivity index is 1.30. The Morgan fingerprint density at radius 2 is 1.76 bits per heavy atom. The third-order valence-electron chi connectivity index (χ3n) is 5.87. The highest BCUT2D eigenvalue weighted by Gasteiger charge is 2.45. The van der Waals surface area contributed by atoms with Crippen LogP contribution in [-0.4, -0.2) is 61.4 Å².